The van der Waals surface area contributed by atoms with Crippen LogP contribution in [0.1, 0.15) is 10.4 Å². The van der Waals surface area contributed by atoms with Crippen LogP contribution < -0.4 is 10.1 Å². The number of nitrogens with one attached hydrogen (secondary N) is 1. The number of ether oxygens (including phenoxy) is 1. The summed E-state index contributed by atoms with van der Waals surface area (Å²) in [5, 5.41) is 12.2. The molecule has 0 radical (unpaired) electrons. The highest BCUT2D eigenvalue weighted by Gasteiger charge is 2.15. The summed E-state index contributed by atoms with van der Waals surface area (Å²) in [7, 11) is 0. The number of carboxylic acid groups (broad SMARTS) is 1. The van der Waals surface area contributed by atoms with Crippen molar-refractivity contribution >= 4 is 52.4 Å². The van der Waals surface area contributed by atoms with Crippen LogP contribution in [0.5, 0.6) is 5.75 Å². The molecule has 0 heterocycles. The molecule has 5 nitrogen and oxygen atoms in total. The standard InChI is InChI=1S/C15H10Cl3NO4/c16-8-1-4-13(23-7-14(20)21)10(5-8)15(22)19-9-2-3-11(17)12(18)6-9/h1-6H,7H2,(H,19,22)(H,20,21). The van der Waals surface area contributed by atoms with Gasteiger partial charge in [0.1, 0.15) is 5.75 Å². The van der Waals surface area contributed by atoms with Gasteiger partial charge in [-0.3, -0.25) is 4.79 Å². The van der Waals surface area contributed by atoms with Gasteiger partial charge in [-0.15, -0.1) is 0 Å². The summed E-state index contributed by atoms with van der Waals surface area (Å²) in [5.41, 5.74) is 0.526. The highest BCUT2D eigenvalue weighted by molar-refractivity contribution is 6.42. The van der Waals surface area contributed by atoms with Gasteiger partial charge in [-0.2, -0.15) is 0 Å². The number of carbonyl (C=O) groups excluding carboxylic acids is 1. The van der Waals surface area contributed by atoms with Crippen molar-refractivity contribution in [2.45, 2.75) is 0 Å². The number of rotatable bonds is 5. The molecule has 1 amide bonds. The quantitative estimate of drug-likeness (QED) is 0.815. The van der Waals surface area contributed by atoms with Gasteiger partial charge in [0, 0.05) is 10.7 Å². The molecule has 0 spiro atoms. The van der Waals surface area contributed by atoms with Gasteiger partial charge in [0.05, 0.1) is 15.6 Å². The Morgan fingerprint density at radius 3 is 2.43 bits per heavy atom. The number of amides is 1. The van der Waals surface area contributed by atoms with Gasteiger partial charge in [-0.25, -0.2) is 4.79 Å². The number of anilines is 1. The van der Waals surface area contributed by atoms with Crippen molar-refractivity contribution in [3.8, 4) is 5.75 Å². The number of benzene rings is 2. The van der Waals surface area contributed by atoms with E-state index < -0.39 is 18.5 Å². The molecule has 2 N–H and O–H groups in total. The molecule has 2 rings (SSSR count). The minimum atomic E-state index is -1.16. The maximum absolute atomic E-state index is 12.4. The van der Waals surface area contributed by atoms with Crippen LogP contribution in [0.15, 0.2) is 36.4 Å². The third-order valence-electron chi connectivity index (χ3n) is 2.71. The Balaban J connectivity index is 2.24. The molecular formula is C15H10Cl3NO4. The summed E-state index contributed by atoms with van der Waals surface area (Å²) >= 11 is 17.6. The second-order valence-corrected chi connectivity index (χ2v) is 5.66. The van der Waals surface area contributed by atoms with Crippen LogP contribution in [-0.2, 0) is 4.79 Å². The van der Waals surface area contributed by atoms with E-state index >= 15 is 0 Å². The fourth-order valence-corrected chi connectivity index (χ4v) is 2.19. The molecule has 0 saturated carbocycles. The van der Waals surface area contributed by atoms with Crippen molar-refractivity contribution in [1.82, 2.24) is 0 Å². The van der Waals surface area contributed by atoms with E-state index in [0.717, 1.165) is 0 Å². The lowest BCUT2D eigenvalue weighted by Crippen LogP contribution is -2.16. The molecule has 2 aromatic rings. The number of hydrogen-bond donors (Lipinski definition) is 2. The maximum atomic E-state index is 12.4. The van der Waals surface area contributed by atoms with Crippen molar-refractivity contribution in [3.05, 3.63) is 57.0 Å². The Bertz CT molecular complexity index is 764. The van der Waals surface area contributed by atoms with Crippen molar-refractivity contribution in [2.24, 2.45) is 0 Å². The van der Waals surface area contributed by atoms with Gasteiger partial charge in [0.2, 0.25) is 0 Å². The average molecular weight is 375 g/mol. The first-order valence-electron chi connectivity index (χ1n) is 6.27. The zero-order valence-electron chi connectivity index (χ0n) is 11.5. The molecule has 23 heavy (non-hydrogen) atoms. The molecule has 0 aliphatic carbocycles. The summed E-state index contributed by atoms with van der Waals surface area (Å²) < 4.78 is 5.09. The van der Waals surface area contributed by atoms with Crippen molar-refractivity contribution in [1.29, 1.82) is 0 Å². The fraction of sp³-hybridized carbons (Fsp3) is 0.0667. The molecule has 0 aromatic heterocycles. The summed E-state index contributed by atoms with van der Waals surface area (Å²) in [4.78, 5) is 23.0. The second kappa shape index (κ2) is 7.55. The minimum absolute atomic E-state index is 0.102. The molecule has 0 aliphatic heterocycles. The van der Waals surface area contributed by atoms with Crippen LogP contribution in [-0.4, -0.2) is 23.6 Å². The molecule has 2 aromatic carbocycles. The van der Waals surface area contributed by atoms with Crippen molar-refractivity contribution in [3.63, 3.8) is 0 Å². The van der Waals surface area contributed by atoms with E-state index in [1.54, 1.807) is 12.1 Å². The van der Waals surface area contributed by atoms with Crippen molar-refractivity contribution in [2.75, 3.05) is 11.9 Å². The number of carbonyl (C=O) groups is 2. The number of halogens is 3. The largest absolute Gasteiger partial charge is 0.481 e. The third-order valence-corrected chi connectivity index (χ3v) is 3.69. The van der Waals surface area contributed by atoms with Gasteiger partial charge in [0.15, 0.2) is 6.61 Å². The number of hydrogen-bond acceptors (Lipinski definition) is 3. The Labute approximate surface area is 146 Å². The molecule has 8 heteroatoms. The lowest BCUT2D eigenvalue weighted by atomic mass is 10.2. The van der Waals surface area contributed by atoms with Crippen LogP contribution in [0.2, 0.25) is 15.1 Å². The Morgan fingerprint density at radius 1 is 1.04 bits per heavy atom. The normalized spacial score (nSPS) is 10.2. The molecule has 0 unspecified atom stereocenters. The number of aliphatic carboxylic acids is 1. The number of carboxylic acids is 1. The lowest BCUT2D eigenvalue weighted by Gasteiger charge is -2.11. The SMILES string of the molecule is O=C(O)COc1ccc(Cl)cc1C(=O)Nc1ccc(Cl)c(Cl)c1. The van der Waals surface area contributed by atoms with Gasteiger partial charge in [-0.1, -0.05) is 34.8 Å². The molecule has 0 aliphatic rings. The molecule has 0 fully saturated rings. The summed E-state index contributed by atoms with van der Waals surface area (Å²) in [5.74, 6) is -1.57. The predicted molar refractivity (Wildman–Crippen MR) is 89.0 cm³/mol. The first-order chi connectivity index (χ1) is 10.9. The first-order valence-corrected chi connectivity index (χ1v) is 7.41. The van der Waals surface area contributed by atoms with E-state index in [0.29, 0.717) is 15.7 Å². The summed E-state index contributed by atoms with van der Waals surface area (Å²) in [6.07, 6.45) is 0. The van der Waals surface area contributed by atoms with Crippen LogP contribution in [0.25, 0.3) is 0 Å². The van der Waals surface area contributed by atoms with E-state index in [1.807, 2.05) is 0 Å². The average Bonchev–Trinajstić information content (AvgIpc) is 2.49. The van der Waals surface area contributed by atoms with Crippen LogP contribution in [0, 0.1) is 0 Å². The van der Waals surface area contributed by atoms with E-state index in [1.165, 1.54) is 24.3 Å². The van der Waals surface area contributed by atoms with E-state index in [-0.39, 0.29) is 16.3 Å². The molecule has 0 saturated heterocycles. The molecule has 0 atom stereocenters. The van der Waals surface area contributed by atoms with Gasteiger partial charge >= 0.3 is 5.97 Å². The second-order valence-electron chi connectivity index (χ2n) is 4.41. The molecule has 0 bridgehead atoms. The topological polar surface area (TPSA) is 75.6 Å². The highest BCUT2D eigenvalue weighted by Crippen LogP contribution is 2.27. The minimum Gasteiger partial charge on any atom is -0.481 e. The van der Waals surface area contributed by atoms with Crippen LogP contribution in [0.3, 0.4) is 0 Å². The smallest absolute Gasteiger partial charge is 0.341 e. The first kappa shape index (κ1) is 17.4. The fourth-order valence-electron chi connectivity index (χ4n) is 1.72. The molecular weight excluding hydrogens is 365 g/mol. The Morgan fingerprint density at radius 2 is 1.78 bits per heavy atom. The lowest BCUT2D eigenvalue weighted by molar-refractivity contribution is -0.139. The Kier molecular flexibility index (Phi) is 5.71. The summed E-state index contributed by atoms with van der Waals surface area (Å²) in [6, 6.07) is 8.91. The van der Waals surface area contributed by atoms with E-state index in [9.17, 15) is 9.59 Å². The highest BCUT2D eigenvalue weighted by atomic mass is 35.5. The van der Waals surface area contributed by atoms with Gasteiger partial charge in [0.25, 0.3) is 5.91 Å². The van der Waals surface area contributed by atoms with Crippen LogP contribution >= 0.6 is 34.8 Å². The van der Waals surface area contributed by atoms with Crippen molar-refractivity contribution < 1.29 is 19.4 Å². The zero-order chi connectivity index (χ0) is 17.0. The predicted octanol–water partition coefficient (Wildman–Crippen LogP) is 4.36. The van der Waals surface area contributed by atoms with Gasteiger partial charge < -0.3 is 15.2 Å². The zero-order valence-corrected chi connectivity index (χ0v) is 13.7. The molecule has 120 valence electrons. The van der Waals surface area contributed by atoms with E-state index in [2.05, 4.69) is 5.32 Å². The van der Waals surface area contributed by atoms with Gasteiger partial charge in [-0.05, 0) is 36.4 Å². The summed E-state index contributed by atoms with van der Waals surface area (Å²) in [6.45, 7) is -0.575. The maximum Gasteiger partial charge on any atom is 0.341 e. The third kappa shape index (κ3) is 4.76. The van der Waals surface area contributed by atoms with E-state index in [4.69, 9.17) is 44.6 Å². The van der Waals surface area contributed by atoms with Crippen LogP contribution in [0.4, 0.5) is 5.69 Å². The monoisotopic (exact) mass is 373 g/mol. The Hall–Kier alpha value is -1.95.